The van der Waals surface area contributed by atoms with Gasteiger partial charge in [-0.2, -0.15) is 0 Å². The van der Waals surface area contributed by atoms with E-state index in [9.17, 15) is 9.59 Å². The van der Waals surface area contributed by atoms with Crippen LogP contribution in [0.15, 0.2) is 18.2 Å². The number of anilines is 2. The average molecular weight is 262 g/mol. The normalized spacial score (nSPS) is 18.3. The molecule has 0 bridgehead atoms. The molecule has 19 heavy (non-hydrogen) atoms. The standard InChI is InChI=1S/C14H18N2O3/c1-14(2,3)8-4-5-9-10(6-8)16-13(19)11(15-9)7-12(17)18/h4-6,11,15H,7H2,1-3H3,(H,16,19)(H,17,18). The number of carboxylic acids is 1. The number of carbonyl (C=O) groups is 2. The van der Waals surface area contributed by atoms with Crippen molar-refractivity contribution in [3.63, 3.8) is 0 Å². The molecule has 1 aliphatic heterocycles. The average Bonchev–Trinajstić information content (AvgIpc) is 2.27. The van der Waals surface area contributed by atoms with E-state index in [1.807, 2.05) is 18.2 Å². The SMILES string of the molecule is CC(C)(C)c1ccc2c(c1)NC(=O)C(CC(=O)O)N2. The molecule has 1 amide bonds. The van der Waals surface area contributed by atoms with Gasteiger partial charge in [-0.1, -0.05) is 26.8 Å². The lowest BCUT2D eigenvalue weighted by Crippen LogP contribution is -2.40. The van der Waals surface area contributed by atoms with Gasteiger partial charge in [0.1, 0.15) is 6.04 Å². The molecule has 0 saturated carbocycles. The second kappa shape index (κ2) is 4.57. The second-order valence-electron chi connectivity index (χ2n) is 5.79. The first-order valence-corrected chi connectivity index (χ1v) is 6.21. The third kappa shape index (κ3) is 2.86. The molecule has 5 nitrogen and oxygen atoms in total. The Morgan fingerprint density at radius 3 is 2.58 bits per heavy atom. The van der Waals surface area contributed by atoms with Crippen molar-refractivity contribution in [1.29, 1.82) is 0 Å². The monoisotopic (exact) mass is 262 g/mol. The minimum atomic E-state index is -0.998. The van der Waals surface area contributed by atoms with Crippen molar-refractivity contribution in [2.75, 3.05) is 10.6 Å². The maximum Gasteiger partial charge on any atom is 0.305 e. The van der Waals surface area contributed by atoms with Gasteiger partial charge in [-0.25, -0.2) is 0 Å². The summed E-state index contributed by atoms with van der Waals surface area (Å²) in [5, 5.41) is 14.5. The number of hydrogen-bond donors (Lipinski definition) is 3. The topological polar surface area (TPSA) is 78.4 Å². The van der Waals surface area contributed by atoms with Crippen LogP contribution in [-0.2, 0) is 15.0 Å². The largest absolute Gasteiger partial charge is 0.481 e. The highest BCUT2D eigenvalue weighted by molar-refractivity contribution is 6.04. The van der Waals surface area contributed by atoms with Crippen LogP contribution in [0.3, 0.4) is 0 Å². The molecular formula is C14H18N2O3. The Balaban J connectivity index is 2.28. The summed E-state index contributed by atoms with van der Waals surface area (Å²) in [6.07, 6.45) is -0.230. The molecule has 1 aliphatic rings. The van der Waals surface area contributed by atoms with Gasteiger partial charge in [-0.05, 0) is 23.1 Å². The lowest BCUT2D eigenvalue weighted by atomic mass is 9.86. The highest BCUT2D eigenvalue weighted by Gasteiger charge is 2.28. The van der Waals surface area contributed by atoms with Gasteiger partial charge in [-0.15, -0.1) is 0 Å². The minimum absolute atomic E-state index is 0.00231. The molecule has 1 atom stereocenters. The lowest BCUT2D eigenvalue weighted by Gasteiger charge is -2.28. The summed E-state index contributed by atoms with van der Waals surface area (Å²) in [7, 11) is 0. The molecule has 0 radical (unpaired) electrons. The van der Waals surface area contributed by atoms with E-state index in [0.29, 0.717) is 5.69 Å². The first kappa shape index (κ1) is 13.4. The highest BCUT2D eigenvalue weighted by atomic mass is 16.4. The van der Waals surface area contributed by atoms with Crippen molar-refractivity contribution in [1.82, 2.24) is 0 Å². The van der Waals surface area contributed by atoms with Crippen LogP contribution in [0, 0.1) is 0 Å². The number of carboxylic acid groups (broad SMARTS) is 1. The number of benzene rings is 1. The fourth-order valence-corrected chi connectivity index (χ4v) is 2.03. The predicted octanol–water partition coefficient (Wildman–Crippen LogP) is 2.19. The van der Waals surface area contributed by atoms with Crippen molar-refractivity contribution in [2.45, 2.75) is 38.6 Å². The molecule has 0 fully saturated rings. The Hall–Kier alpha value is -2.04. The van der Waals surface area contributed by atoms with Crippen LogP contribution in [0.5, 0.6) is 0 Å². The molecule has 102 valence electrons. The molecule has 1 unspecified atom stereocenters. The molecule has 5 heteroatoms. The van der Waals surface area contributed by atoms with Gasteiger partial charge in [-0.3, -0.25) is 9.59 Å². The van der Waals surface area contributed by atoms with Gasteiger partial charge >= 0.3 is 5.97 Å². The zero-order valence-electron chi connectivity index (χ0n) is 11.3. The fourth-order valence-electron chi connectivity index (χ4n) is 2.03. The van der Waals surface area contributed by atoms with Crippen LogP contribution < -0.4 is 10.6 Å². The molecule has 0 spiro atoms. The summed E-state index contributed by atoms with van der Waals surface area (Å²) in [5.41, 5.74) is 2.58. The van der Waals surface area contributed by atoms with E-state index in [4.69, 9.17) is 5.11 Å². The lowest BCUT2D eigenvalue weighted by molar-refractivity contribution is -0.138. The van der Waals surface area contributed by atoms with Gasteiger partial charge < -0.3 is 15.7 Å². The summed E-state index contributed by atoms with van der Waals surface area (Å²) >= 11 is 0. The van der Waals surface area contributed by atoms with Crippen molar-refractivity contribution in [3.05, 3.63) is 23.8 Å². The zero-order chi connectivity index (χ0) is 14.2. The van der Waals surface area contributed by atoms with Gasteiger partial charge in [0, 0.05) is 0 Å². The van der Waals surface area contributed by atoms with E-state index in [1.165, 1.54) is 0 Å². The zero-order valence-corrected chi connectivity index (χ0v) is 11.3. The van der Waals surface area contributed by atoms with Crippen LogP contribution in [0.25, 0.3) is 0 Å². The third-order valence-electron chi connectivity index (χ3n) is 3.17. The predicted molar refractivity (Wildman–Crippen MR) is 73.4 cm³/mol. The summed E-state index contributed by atoms with van der Waals surface area (Å²) in [6.45, 7) is 6.29. The van der Waals surface area contributed by atoms with Crippen molar-refractivity contribution >= 4 is 23.3 Å². The first-order chi connectivity index (χ1) is 8.77. The molecule has 1 aromatic carbocycles. The smallest absolute Gasteiger partial charge is 0.305 e. The molecule has 1 heterocycles. The molecule has 0 saturated heterocycles. The van der Waals surface area contributed by atoms with Gasteiger partial charge in [0.05, 0.1) is 17.8 Å². The van der Waals surface area contributed by atoms with Gasteiger partial charge in [0.15, 0.2) is 0 Å². The van der Waals surface area contributed by atoms with Gasteiger partial charge in [0.25, 0.3) is 0 Å². The Bertz CT molecular complexity index is 532. The quantitative estimate of drug-likeness (QED) is 0.763. The van der Waals surface area contributed by atoms with E-state index in [1.54, 1.807) is 0 Å². The summed E-state index contributed by atoms with van der Waals surface area (Å²) in [5.74, 6) is -1.30. The van der Waals surface area contributed by atoms with Crippen LogP contribution >= 0.6 is 0 Å². The number of amides is 1. The van der Waals surface area contributed by atoms with E-state index in [2.05, 4.69) is 31.4 Å². The molecule has 1 aromatic rings. The molecule has 2 rings (SSSR count). The number of hydrogen-bond acceptors (Lipinski definition) is 3. The Labute approximate surface area is 112 Å². The minimum Gasteiger partial charge on any atom is -0.481 e. The number of aliphatic carboxylic acids is 1. The summed E-state index contributed by atoms with van der Waals surface area (Å²) in [4.78, 5) is 22.5. The third-order valence-corrected chi connectivity index (χ3v) is 3.17. The van der Waals surface area contributed by atoms with Crippen molar-refractivity contribution < 1.29 is 14.7 Å². The Kier molecular flexibility index (Phi) is 3.22. The fraction of sp³-hybridized carbons (Fsp3) is 0.429. The highest BCUT2D eigenvalue weighted by Crippen LogP contribution is 2.32. The van der Waals surface area contributed by atoms with Gasteiger partial charge in [0.2, 0.25) is 5.91 Å². The van der Waals surface area contributed by atoms with Crippen LogP contribution in [-0.4, -0.2) is 23.0 Å². The van der Waals surface area contributed by atoms with Crippen molar-refractivity contribution in [2.24, 2.45) is 0 Å². The maximum atomic E-state index is 11.8. The van der Waals surface area contributed by atoms with E-state index >= 15 is 0 Å². The maximum absolute atomic E-state index is 11.8. The first-order valence-electron chi connectivity index (χ1n) is 6.21. The molecular weight excluding hydrogens is 244 g/mol. The van der Waals surface area contributed by atoms with Crippen molar-refractivity contribution in [3.8, 4) is 0 Å². The Morgan fingerprint density at radius 1 is 1.32 bits per heavy atom. The van der Waals surface area contributed by atoms with E-state index < -0.39 is 12.0 Å². The van der Waals surface area contributed by atoms with Crippen LogP contribution in [0.1, 0.15) is 32.8 Å². The van der Waals surface area contributed by atoms with Crippen LogP contribution in [0.4, 0.5) is 11.4 Å². The number of nitrogens with one attached hydrogen (secondary N) is 2. The van der Waals surface area contributed by atoms with E-state index in [0.717, 1.165) is 11.3 Å². The number of fused-ring (bicyclic) bond motifs is 1. The second-order valence-corrected chi connectivity index (χ2v) is 5.79. The molecule has 3 N–H and O–H groups in total. The Morgan fingerprint density at radius 2 is 2.00 bits per heavy atom. The number of carbonyl (C=O) groups excluding carboxylic acids is 1. The molecule has 0 aliphatic carbocycles. The molecule has 0 aromatic heterocycles. The van der Waals surface area contributed by atoms with E-state index in [-0.39, 0.29) is 17.7 Å². The summed E-state index contributed by atoms with van der Waals surface area (Å²) < 4.78 is 0. The summed E-state index contributed by atoms with van der Waals surface area (Å²) in [6, 6.07) is 5.08. The number of rotatable bonds is 2. The van der Waals surface area contributed by atoms with Crippen LogP contribution in [0.2, 0.25) is 0 Å².